The second-order valence-electron chi connectivity index (χ2n) is 13.7. The Kier molecular flexibility index (Phi) is 5.23. The van der Waals surface area contributed by atoms with Crippen LogP contribution in [0.5, 0.6) is 0 Å². The van der Waals surface area contributed by atoms with E-state index in [1.54, 1.807) is 0 Å². The quantitative estimate of drug-likeness (QED) is 0.184. The molecule has 3 aromatic heterocycles. The van der Waals surface area contributed by atoms with E-state index in [1.165, 1.54) is 60.5 Å². The predicted octanol–water partition coefficient (Wildman–Crippen LogP) is 8.91. The smallest absolute Gasteiger partial charge is 0.247 e. The highest BCUT2D eigenvalue weighted by atomic mass is 16.3. The van der Waals surface area contributed by atoms with Gasteiger partial charge in [-0.3, -0.25) is 8.97 Å². The number of para-hydroxylation sites is 2. The molecule has 0 spiro atoms. The molecule has 7 aromatic carbocycles. The number of nitrogens with zero attached hydrogens (tertiary/aromatic N) is 3. The van der Waals surface area contributed by atoms with Gasteiger partial charge in [-0.2, -0.15) is 0 Å². The van der Waals surface area contributed by atoms with Crippen LogP contribution in [0.3, 0.4) is 0 Å². The van der Waals surface area contributed by atoms with Gasteiger partial charge >= 0.3 is 0 Å². The monoisotopic (exact) mass is 627 g/mol. The van der Waals surface area contributed by atoms with Crippen molar-refractivity contribution in [2.75, 3.05) is 0 Å². The zero-order valence-corrected chi connectivity index (χ0v) is 27.5. The summed E-state index contributed by atoms with van der Waals surface area (Å²) in [5, 5.41) is 4.64. The molecular weight excluding hydrogens is 597 g/mol. The Morgan fingerprint density at radius 3 is 2.27 bits per heavy atom. The Morgan fingerprint density at radius 2 is 1.41 bits per heavy atom. The van der Waals surface area contributed by atoms with E-state index in [9.17, 15) is 0 Å². The van der Waals surface area contributed by atoms with Crippen molar-refractivity contribution in [3.63, 3.8) is 0 Å². The third-order valence-corrected chi connectivity index (χ3v) is 10.8. The minimum Gasteiger partial charge on any atom is -0.456 e. The van der Waals surface area contributed by atoms with Crippen LogP contribution in [0, 0.1) is 20.8 Å². The maximum Gasteiger partial charge on any atom is 0.247 e. The van der Waals surface area contributed by atoms with Gasteiger partial charge < -0.3 is 4.42 Å². The van der Waals surface area contributed by atoms with Crippen molar-refractivity contribution < 1.29 is 4.42 Å². The van der Waals surface area contributed by atoms with Crippen molar-refractivity contribution in [3.8, 4) is 16.8 Å². The first-order chi connectivity index (χ1) is 24.1. The summed E-state index contributed by atoms with van der Waals surface area (Å²) in [6, 6.07) is 46.1. The molecule has 5 heteroatoms. The number of aryl methyl sites for hydroxylation is 3. The molecule has 0 saturated carbocycles. The lowest BCUT2D eigenvalue weighted by molar-refractivity contribution is 0.669. The Balaban J connectivity index is 1.41. The molecule has 0 amide bonds. The molecule has 0 radical (unpaired) electrons. The number of benzene rings is 7. The Morgan fingerprint density at radius 1 is 0.633 bits per heavy atom. The zero-order chi connectivity index (χ0) is 32.5. The molecule has 1 aliphatic rings. The molecule has 11 rings (SSSR count). The van der Waals surface area contributed by atoms with Gasteiger partial charge in [-0.1, -0.05) is 125 Å². The standard InChI is InChI=1S/C44H30BN3O/c1-25-22-26(2)40(27(3)23-25)45-32-21-20-29-14-11-18-35-38(29)42(32)48-43-33(45)24-37-39(31-16-8-10-19-36(31)49-37)41(43)46-44(48)47(35)34-17-9-7-15-30(34)28-12-5-4-6-13-28/h4-24H,1-3H3. The second kappa shape index (κ2) is 9.52. The van der Waals surface area contributed by atoms with Crippen molar-refractivity contribution in [1.29, 1.82) is 0 Å². The first-order valence-electron chi connectivity index (χ1n) is 17.0. The molecule has 0 fully saturated rings. The maximum atomic E-state index is 6.65. The van der Waals surface area contributed by atoms with Crippen LogP contribution in [0.2, 0.25) is 0 Å². The van der Waals surface area contributed by atoms with Gasteiger partial charge in [0.1, 0.15) is 16.7 Å². The second-order valence-corrected chi connectivity index (χ2v) is 13.7. The molecule has 4 heterocycles. The van der Waals surface area contributed by atoms with Gasteiger partial charge in [-0.05, 0) is 66.9 Å². The zero-order valence-electron chi connectivity index (χ0n) is 27.5. The minimum absolute atomic E-state index is 0.0216. The average Bonchev–Trinajstić information content (AvgIpc) is 3.69. The van der Waals surface area contributed by atoms with Gasteiger partial charge in [0.15, 0.2) is 0 Å². The van der Waals surface area contributed by atoms with E-state index in [4.69, 9.17) is 9.40 Å². The normalized spacial score (nSPS) is 12.8. The summed E-state index contributed by atoms with van der Waals surface area (Å²) in [6.45, 7) is 6.75. The summed E-state index contributed by atoms with van der Waals surface area (Å²) >= 11 is 0. The van der Waals surface area contributed by atoms with E-state index in [0.717, 1.165) is 50.0 Å². The van der Waals surface area contributed by atoms with E-state index in [0.29, 0.717) is 0 Å². The van der Waals surface area contributed by atoms with Gasteiger partial charge in [-0.25, -0.2) is 4.98 Å². The van der Waals surface area contributed by atoms with Crippen LogP contribution in [-0.2, 0) is 0 Å². The highest BCUT2D eigenvalue weighted by Crippen LogP contribution is 2.40. The third kappa shape index (κ3) is 3.46. The van der Waals surface area contributed by atoms with Crippen molar-refractivity contribution in [2.24, 2.45) is 0 Å². The molecule has 0 N–H and O–H groups in total. The van der Waals surface area contributed by atoms with Crippen LogP contribution in [0.25, 0.3) is 77.4 Å². The molecule has 0 bridgehead atoms. The van der Waals surface area contributed by atoms with Crippen molar-refractivity contribution in [3.05, 3.63) is 144 Å². The fraction of sp³-hybridized carbons (Fsp3) is 0.0682. The lowest BCUT2D eigenvalue weighted by Gasteiger charge is -2.28. The summed E-state index contributed by atoms with van der Waals surface area (Å²) in [4.78, 5) is 5.69. The molecule has 0 atom stereocenters. The third-order valence-electron chi connectivity index (χ3n) is 10.8. The van der Waals surface area contributed by atoms with Crippen LogP contribution in [0.1, 0.15) is 16.7 Å². The molecule has 230 valence electrons. The Hall–Kier alpha value is -6.07. The lowest BCUT2D eigenvalue weighted by Crippen LogP contribution is -2.56. The number of furan rings is 1. The summed E-state index contributed by atoms with van der Waals surface area (Å²) in [6.07, 6.45) is 0. The predicted molar refractivity (Wildman–Crippen MR) is 205 cm³/mol. The molecular formula is C44H30BN3O. The van der Waals surface area contributed by atoms with E-state index in [-0.39, 0.29) is 6.71 Å². The van der Waals surface area contributed by atoms with Gasteiger partial charge in [0.25, 0.3) is 0 Å². The molecule has 4 nitrogen and oxygen atoms in total. The summed E-state index contributed by atoms with van der Waals surface area (Å²) in [7, 11) is 0. The fourth-order valence-corrected chi connectivity index (χ4v) is 9.07. The van der Waals surface area contributed by atoms with Gasteiger partial charge in [0, 0.05) is 16.3 Å². The molecule has 0 saturated heterocycles. The number of rotatable bonds is 3. The van der Waals surface area contributed by atoms with Gasteiger partial charge in [0.2, 0.25) is 12.5 Å². The van der Waals surface area contributed by atoms with Crippen LogP contribution in [0.15, 0.2) is 132 Å². The average molecular weight is 628 g/mol. The fourth-order valence-electron chi connectivity index (χ4n) is 9.07. The SMILES string of the molecule is Cc1cc(C)c(B2c3cc4oc5ccccc5c4c4nc5n(-c6ccccc6-c6ccccc6)c6cccc7ccc2c(c76)n5c34)c(C)c1. The van der Waals surface area contributed by atoms with Crippen molar-refractivity contribution in [1.82, 2.24) is 14.0 Å². The first kappa shape index (κ1) is 26.9. The van der Waals surface area contributed by atoms with Crippen molar-refractivity contribution >= 4 is 83.7 Å². The molecule has 1 aliphatic heterocycles. The summed E-state index contributed by atoms with van der Waals surface area (Å²) in [5.74, 6) is 0.903. The minimum atomic E-state index is 0.0216. The van der Waals surface area contributed by atoms with Crippen LogP contribution in [-0.4, -0.2) is 20.7 Å². The lowest BCUT2D eigenvalue weighted by atomic mass is 9.34. The molecule has 10 aromatic rings. The largest absolute Gasteiger partial charge is 0.456 e. The number of hydrogen-bond acceptors (Lipinski definition) is 2. The van der Waals surface area contributed by atoms with Crippen molar-refractivity contribution in [2.45, 2.75) is 20.8 Å². The number of imidazole rings is 1. The molecule has 0 aliphatic carbocycles. The first-order valence-corrected chi connectivity index (χ1v) is 17.0. The van der Waals surface area contributed by atoms with Gasteiger partial charge in [0.05, 0.1) is 27.6 Å². The summed E-state index contributed by atoms with van der Waals surface area (Å²) < 4.78 is 11.5. The van der Waals surface area contributed by atoms with Crippen LogP contribution in [0.4, 0.5) is 0 Å². The Bertz CT molecular complexity index is 3010. The van der Waals surface area contributed by atoms with E-state index in [2.05, 4.69) is 151 Å². The van der Waals surface area contributed by atoms with Crippen LogP contribution >= 0.6 is 0 Å². The molecule has 49 heavy (non-hydrogen) atoms. The topological polar surface area (TPSA) is 35.4 Å². The highest BCUT2D eigenvalue weighted by molar-refractivity contribution is 6.99. The van der Waals surface area contributed by atoms with Gasteiger partial charge in [-0.15, -0.1) is 0 Å². The number of hydrogen-bond donors (Lipinski definition) is 0. The number of fused-ring (bicyclic) bond motifs is 4. The Labute approximate surface area is 282 Å². The number of aromatic nitrogens is 3. The van der Waals surface area contributed by atoms with E-state index in [1.807, 2.05) is 6.07 Å². The maximum absolute atomic E-state index is 6.65. The van der Waals surface area contributed by atoms with E-state index >= 15 is 0 Å². The van der Waals surface area contributed by atoms with E-state index < -0.39 is 0 Å². The van der Waals surface area contributed by atoms with Crippen LogP contribution < -0.4 is 16.4 Å². The highest BCUT2D eigenvalue weighted by Gasteiger charge is 2.37. The molecule has 0 unspecified atom stereocenters. The summed E-state index contributed by atoms with van der Waals surface area (Å²) in [5.41, 5.74) is 17.5.